The van der Waals surface area contributed by atoms with E-state index in [1.54, 1.807) is 19.2 Å². The van der Waals surface area contributed by atoms with Crippen molar-refractivity contribution in [3.63, 3.8) is 0 Å². The number of methoxy groups -OCH3 is 1. The Labute approximate surface area is 138 Å². The topological polar surface area (TPSA) is 87.9 Å². The summed E-state index contributed by atoms with van der Waals surface area (Å²) in [6.45, 7) is 0.201. The number of nitrogens with zero attached hydrogens (tertiary/aromatic N) is 1. The van der Waals surface area contributed by atoms with Crippen LogP contribution in [0.25, 0.3) is 11.0 Å². The van der Waals surface area contributed by atoms with Crippen LogP contribution in [0, 0.1) is 0 Å². The van der Waals surface area contributed by atoms with E-state index < -0.39 is 10.1 Å². The van der Waals surface area contributed by atoms with E-state index in [2.05, 4.69) is 5.16 Å². The average Bonchev–Trinajstić information content (AvgIpc) is 2.94. The molecule has 0 saturated carbocycles. The Morgan fingerprint density at radius 2 is 1.88 bits per heavy atom. The van der Waals surface area contributed by atoms with E-state index >= 15 is 0 Å². The number of fused-ring (bicyclic) bond motifs is 1. The maximum absolute atomic E-state index is 11.2. The minimum atomic E-state index is -3.59. The van der Waals surface area contributed by atoms with Gasteiger partial charge in [-0.05, 0) is 24.3 Å². The van der Waals surface area contributed by atoms with E-state index in [9.17, 15) is 8.42 Å². The van der Waals surface area contributed by atoms with Gasteiger partial charge in [-0.3, -0.25) is 0 Å². The highest BCUT2D eigenvalue weighted by Crippen LogP contribution is 2.26. The lowest BCUT2D eigenvalue weighted by atomic mass is 10.2. The smallest absolute Gasteiger partial charge is 0.306 e. The van der Waals surface area contributed by atoms with Crippen molar-refractivity contribution in [1.29, 1.82) is 0 Å². The van der Waals surface area contributed by atoms with E-state index in [1.807, 2.05) is 18.2 Å². The Morgan fingerprint density at radius 1 is 1.08 bits per heavy atom. The molecule has 3 rings (SSSR count). The quantitative estimate of drug-likeness (QED) is 0.632. The van der Waals surface area contributed by atoms with Crippen LogP contribution in [0.1, 0.15) is 5.69 Å². The van der Waals surface area contributed by atoms with E-state index in [0.29, 0.717) is 22.8 Å². The maximum atomic E-state index is 11.2. The molecule has 0 bridgehead atoms. The number of hydrogen-bond donors (Lipinski definition) is 0. The lowest BCUT2D eigenvalue weighted by molar-refractivity contribution is 0.290. The lowest BCUT2D eigenvalue weighted by Crippen LogP contribution is -2.05. The largest absolute Gasteiger partial charge is 0.497 e. The molecule has 2 aromatic carbocycles. The first kappa shape index (κ1) is 16.1. The third-order valence-electron chi connectivity index (χ3n) is 3.18. The molecule has 0 N–H and O–H groups in total. The predicted octanol–water partition coefficient (Wildman–Crippen LogP) is 2.75. The minimum Gasteiger partial charge on any atom is -0.497 e. The van der Waals surface area contributed by atoms with Gasteiger partial charge in [0.1, 0.15) is 29.5 Å². The van der Waals surface area contributed by atoms with Crippen LogP contribution in [0.2, 0.25) is 0 Å². The molecule has 0 aliphatic rings. The molecule has 0 aliphatic carbocycles. The van der Waals surface area contributed by atoms with Crippen molar-refractivity contribution < 1.29 is 26.6 Å². The van der Waals surface area contributed by atoms with Crippen molar-refractivity contribution in [2.75, 3.05) is 13.4 Å². The van der Waals surface area contributed by atoms with Crippen molar-refractivity contribution in [2.24, 2.45) is 0 Å². The Hall–Kier alpha value is -2.74. The number of benzene rings is 2. The molecule has 0 fully saturated rings. The normalized spacial score (nSPS) is 11.4. The summed E-state index contributed by atoms with van der Waals surface area (Å²) in [5, 5.41) is 4.68. The lowest BCUT2D eigenvalue weighted by Gasteiger charge is -2.06. The van der Waals surface area contributed by atoms with Crippen molar-refractivity contribution in [3.8, 4) is 17.2 Å². The van der Waals surface area contributed by atoms with Gasteiger partial charge >= 0.3 is 10.1 Å². The van der Waals surface area contributed by atoms with Gasteiger partial charge in [0.15, 0.2) is 5.58 Å². The van der Waals surface area contributed by atoms with E-state index in [0.717, 1.165) is 11.6 Å². The Morgan fingerprint density at radius 3 is 2.62 bits per heavy atom. The molecule has 8 heteroatoms. The molecule has 126 valence electrons. The zero-order valence-electron chi connectivity index (χ0n) is 13.1. The van der Waals surface area contributed by atoms with Crippen LogP contribution < -0.4 is 13.7 Å². The molecule has 0 saturated heterocycles. The van der Waals surface area contributed by atoms with Gasteiger partial charge < -0.3 is 18.2 Å². The van der Waals surface area contributed by atoms with Crippen molar-refractivity contribution in [1.82, 2.24) is 5.16 Å². The highest BCUT2D eigenvalue weighted by Gasteiger charge is 2.12. The van der Waals surface area contributed by atoms with E-state index in [4.69, 9.17) is 18.2 Å². The van der Waals surface area contributed by atoms with Gasteiger partial charge in [-0.2, -0.15) is 8.42 Å². The average molecular weight is 349 g/mol. The summed E-state index contributed by atoms with van der Waals surface area (Å²) in [6, 6.07) is 11.9. The molecule has 0 radical (unpaired) electrons. The zero-order valence-corrected chi connectivity index (χ0v) is 13.9. The SMILES string of the molecule is COc1cccc(OCc2noc3cc(OS(C)(=O)=O)ccc23)c1. The first-order valence-electron chi connectivity index (χ1n) is 6.99. The maximum Gasteiger partial charge on any atom is 0.306 e. The highest BCUT2D eigenvalue weighted by atomic mass is 32.2. The van der Waals surface area contributed by atoms with Crippen LogP contribution in [0.3, 0.4) is 0 Å². The summed E-state index contributed by atoms with van der Waals surface area (Å²) in [4.78, 5) is 0. The first-order chi connectivity index (χ1) is 11.4. The Bertz CT molecular complexity index is 964. The minimum absolute atomic E-state index is 0.168. The third-order valence-corrected chi connectivity index (χ3v) is 3.68. The van der Waals surface area contributed by atoms with Crippen molar-refractivity contribution >= 4 is 21.1 Å². The second-order valence-corrected chi connectivity index (χ2v) is 6.62. The van der Waals surface area contributed by atoms with Gasteiger partial charge in [0.05, 0.1) is 13.4 Å². The van der Waals surface area contributed by atoms with E-state index in [1.165, 1.54) is 12.1 Å². The fourth-order valence-corrected chi connectivity index (χ4v) is 2.60. The van der Waals surface area contributed by atoms with Gasteiger partial charge in [-0.25, -0.2) is 0 Å². The fraction of sp³-hybridized carbons (Fsp3) is 0.188. The van der Waals surface area contributed by atoms with Crippen LogP contribution in [0.5, 0.6) is 17.2 Å². The Kier molecular flexibility index (Phi) is 4.30. The molecular formula is C16H15NO6S. The predicted molar refractivity (Wildman–Crippen MR) is 86.8 cm³/mol. The highest BCUT2D eigenvalue weighted by molar-refractivity contribution is 7.86. The van der Waals surface area contributed by atoms with Crippen molar-refractivity contribution in [3.05, 3.63) is 48.2 Å². The van der Waals surface area contributed by atoms with Crippen LogP contribution in [0.15, 0.2) is 47.0 Å². The molecule has 1 heterocycles. The van der Waals surface area contributed by atoms with Gasteiger partial charge in [-0.15, -0.1) is 0 Å². The molecule has 7 nitrogen and oxygen atoms in total. The summed E-state index contributed by atoms with van der Waals surface area (Å²) < 4.78 is 43.2. The summed E-state index contributed by atoms with van der Waals surface area (Å²) in [5.74, 6) is 1.50. The second kappa shape index (κ2) is 6.40. The fourth-order valence-electron chi connectivity index (χ4n) is 2.14. The molecule has 0 atom stereocenters. The van der Waals surface area contributed by atoms with Crippen LogP contribution in [0.4, 0.5) is 0 Å². The Balaban J connectivity index is 1.78. The number of rotatable bonds is 6. The molecular weight excluding hydrogens is 334 g/mol. The molecule has 0 aliphatic heterocycles. The molecule has 0 amide bonds. The number of ether oxygens (including phenoxy) is 2. The van der Waals surface area contributed by atoms with Crippen LogP contribution in [-0.2, 0) is 16.7 Å². The number of hydrogen-bond acceptors (Lipinski definition) is 7. The van der Waals surface area contributed by atoms with E-state index in [-0.39, 0.29) is 12.4 Å². The number of aromatic nitrogens is 1. The van der Waals surface area contributed by atoms with Gasteiger partial charge in [-0.1, -0.05) is 11.2 Å². The molecule has 3 aromatic rings. The molecule has 1 aromatic heterocycles. The summed E-state index contributed by atoms with van der Waals surface area (Å²) in [7, 11) is -2.01. The molecule has 0 spiro atoms. The second-order valence-electron chi connectivity index (χ2n) is 5.04. The first-order valence-corrected chi connectivity index (χ1v) is 8.81. The van der Waals surface area contributed by atoms with Gasteiger partial charge in [0.25, 0.3) is 0 Å². The van der Waals surface area contributed by atoms with Crippen molar-refractivity contribution in [2.45, 2.75) is 6.61 Å². The summed E-state index contributed by atoms with van der Waals surface area (Å²) in [6.07, 6.45) is 0.977. The van der Waals surface area contributed by atoms with Crippen LogP contribution in [-0.4, -0.2) is 26.9 Å². The standard InChI is InChI=1S/C16H15NO6S/c1-20-11-4-3-5-12(8-11)21-10-15-14-7-6-13(23-24(2,18)19)9-16(14)22-17-15/h3-9H,10H2,1-2H3. The monoisotopic (exact) mass is 349 g/mol. The van der Waals surface area contributed by atoms with Crippen LogP contribution >= 0.6 is 0 Å². The molecule has 0 unspecified atom stereocenters. The molecule has 24 heavy (non-hydrogen) atoms. The summed E-state index contributed by atoms with van der Waals surface area (Å²) >= 11 is 0. The summed E-state index contributed by atoms with van der Waals surface area (Å²) in [5.41, 5.74) is 1.01. The zero-order chi connectivity index (χ0) is 17.2. The van der Waals surface area contributed by atoms with Gasteiger partial charge in [0, 0.05) is 17.5 Å². The third kappa shape index (κ3) is 3.77. The van der Waals surface area contributed by atoms with Gasteiger partial charge in [0.2, 0.25) is 0 Å².